The highest BCUT2D eigenvalue weighted by atomic mass is 32.1. The Morgan fingerprint density at radius 1 is 1.33 bits per heavy atom. The molecule has 0 spiro atoms. The lowest BCUT2D eigenvalue weighted by Gasteiger charge is -2.08. The lowest BCUT2D eigenvalue weighted by atomic mass is 10.2. The number of carbonyl (C=O) groups excluding carboxylic acids is 1. The zero-order valence-electron chi connectivity index (χ0n) is 12.0. The Balaban J connectivity index is 1.62. The smallest absolute Gasteiger partial charge is 0.298 e. The number of ether oxygens (including phenoxy) is 1. The number of hydrogen-bond acceptors (Lipinski definition) is 5. The molecule has 1 amide bonds. The van der Waals surface area contributed by atoms with Crippen LogP contribution in [0.5, 0.6) is 10.9 Å². The molecule has 1 saturated carbocycles. The van der Waals surface area contributed by atoms with E-state index >= 15 is 0 Å². The molecular weight excluding hydrogens is 286 g/mol. The van der Waals surface area contributed by atoms with Crippen LogP contribution in [-0.2, 0) is 4.79 Å². The van der Waals surface area contributed by atoms with Crippen LogP contribution < -0.4 is 10.1 Å². The quantitative estimate of drug-likeness (QED) is 0.912. The number of nitrogens with one attached hydrogen (secondary N) is 1. The summed E-state index contributed by atoms with van der Waals surface area (Å²) in [5.74, 6) is 2.09. The van der Waals surface area contributed by atoms with Gasteiger partial charge in [-0.05, 0) is 37.1 Å². The fourth-order valence-corrected chi connectivity index (χ4v) is 2.39. The predicted molar refractivity (Wildman–Crippen MR) is 81.9 cm³/mol. The van der Waals surface area contributed by atoms with Gasteiger partial charge in [-0.15, -0.1) is 0 Å². The Morgan fingerprint density at radius 2 is 2.05 bits per heavy atom. The minimum absolute atomic E-state index is 0.00173. The largest absolute Gasteiger partial charge is 0.430 e. The highest BCUT2D eigenvalue weighted by molar-refractivity contribution is 7.07. The van der Waals surface area contributed by atoms with Gasteiger partial charge in [0, 0.05) is 29.1 Å². The van der Waals surface area contributed by atoms with Crippen molar-refractivity contribution in [1.82, 2.24) is 9.36 Å². The molecule has 1 aliphatic carbocycles. The minimum Gasteiger partial charge on any atom is -0.430 e. The second-order valence-electron chi connectivity index (χ2n) is 5.46. The maximum absolute atomic E-state index is 11.6. The maximum Gasteiger partial charge on any atom is 0.298 e. The van der Waals surface area contributed by atoms with Crippen molar-refractivity contribution < 1.29 is 9.53 Å². The normalized spacial score (nSPS) is 14.2. The molecule has 1 N–H and O–H groups in total. The Kier molecular flexibility index (Phi) is 3.88. The summed E-state index contributed by atoms with van der Waals surface area (Å²) in [5, 5.41) is 3.41. The van der Waals surface area contributed by atoms with Gasteiger partial charge < -0.3 is 10.1 Å². The molecule has 21 heavy (non-hydrogen) atoms. The monoisotopic (exact) mass is 303 g/mol. The molecule has 0 saturated heterocycles. The van der Waals surface area contributed by atoms with E-state index in [2.05, 4.69) is 14.7 Å². The summed E-state index contributed by atoms with van der Waals surface area (Å²) >= 11 is 1.28. The van der Waals surface area contributed by atoms with Crippen molar-refractivity contribution in [3.8, 4) is 10.9 Å². The first-order chi connectivity index (χ1) is 10.1. The molecule has 1 aliphatic rings. The molecule has 6 heteroatoms. The summed E-state index contributed by atoms with van der Waals surface area (Å²) < 4.78 is 9.98. The van der Waals surface area contributed by atoms with Crippen LogP contribution in [0.4, 0.5) is 5.69 Å². The van der Waals surface area contributed by atoms with Crippen LogP contribution in [0.25, 0.3) is 0 Å². The van der Waals surface area contributed by atoms with Crippen molar-refractivity contribution in [2.45, 2.75) is 32.6 Å². The van der Waals surface area contributed by atoms with E-state index in [4.69, 9.17) is 4.74 Å². The standard InChI is InChI=1S/C15H17N3O2S/c1-9(2)14(19)16-11-5-7-12(8-6-11)20-15-17-13(18-21-15)10-3-4-10/h5-10H,3-4H2,1-2H3,(H,16,19). The fourth-order valence-electron chi connectivity index (χ4n) is 1.76. The van der Waals surface area contributed by atoms with Crippen LogP contribution in [0.15, 0.2) is 24.3 Å². The van der Waals surface area contributed by atoms with Gasteiger partial charge >= 0.3 is 0 Å². The molecule has 3 rings (SSSR count). The van der Waals surface area contributed by atoms with Gasteiger partial charge in [-0.1, -0.05) is 13.8 Å². The molecule has 0 radical (unpaired) electrons. The summed E-state index contributed by atoms with van der Waals surface area (Å²) in [6.07, 6.45) is 2.36. The average Bonchev–Trinajstić information content (AvgIpc) is 3.21. The van der Waals surface area contributed by atoms with E-state index in [0.717, 1.165) is 11.5 Å². The lowest BCUT2D eigenvalue weighted by Crippen LogP contribution is -2.17. The SMILES string of the molecule is CC(C)C(=O)Nc1ccc(Oc2nc(C3CC3)ns2)cc1. The van der Waals surface area contributed by atoms with Gasteiger partial charge in [0.15, 0.2) is 0 Å². The van der Waals surface area contributed by atoms with E-state index < -0.39 is 0 Å². The Bertz CT molecular complexity index is 633. The second-order valence-corrected chi connectivity index (χ2v) is 6.18. The molecule has 0 unspecified atom stereocenters. The summed E-state index contributed by atoms with van der Waals surface area (Å²) in [6.45, 7) is 3.72. The Labute approximate surface area is 127 Å². The minimum atomic E-state index is -0.0387. The van der Waals surface area contributed by atoms with E-state index in [1.807, 2.05) is 38.1 Å². The van der Waals surface area contributed by atoms with Crippen LogP contribution >= 0.6 is 11.5 Å². The fraction of sp³-hybridized carbons (Fsp3) is 0.400. The molecule has 0 atom stereocenters. The lowest BCUT2D eigenvalue weighted by molar-refractivity contribution is -0.118. The van der Waals surface area contributed by atoms with E-state index in [-0.39, 0.29) is 11.8 Å². The first-order valence-corrected chi connectivity index (χ1v) is 7.81. The van der Waals surface area contributed by atoms with Crippen LogP contribution in [0, 0.1) is 5.92 Å². The van der Waals surface area contributed by atoms with Crippen molar-refractivity contribution in [3.05, 3.63) is 30.1 Å². The zero-order valence-corrected chi connectivity index (χ0v) is 12.8. The first-order valence-electron chi connectivity index (χ1n) is 7.04. The number of carbonyl (C=O) groups is 1. The van der Waals surface area contributed by atoms with Crippen LogP contribution in [0.2, 0.25) is 0 Å². The zero-order chi connectivity index (χ0) is 14.8. The van der Waals surface area contributed by atoms with E-state index in [9.17, 15) is 4.79 Å². The van der Waals surface area contributed by atoms with Gasteiger partial charge in [-0.3, -0.25) is 4.79 Å². The topological polar surface area (TPSA) is 64.1 Å². The van der Waals surface area contributed by atoms with Gasteiger partial charge in [0.1, 0.15) is 11.6 Å². The molecule has 0 aliphatic heterocycles. The summed E-state index contributed by atoms with van der Waals surface area (Å²) in [5.41, 5.74) is 0.761. The van der Waals surface area contributed by atoms with Gasteiger partial charge in [-0.2, -0.15) is 9.36 Å². The van der Waals surface area contributed by atoms with Gasteiger partial charge in [-0.25, -0.2) is 0 Å². The van der Waals surface area contributed by atoms with Gasteiger partial charge in [0.05, 0.1) is 0 Å². The van der Waals surface area contributed by atoms with Crippen LogP contribution in [-0.4, -0.2) is 15.3 Å². The summed E-state index contributed by atoms with van der Waals surface area (Å²) in [6, 6.07) is 7.26. The number of benzene rings is 1. The van der Waals surface area contributed by atoms with Crippen molar-refractivity contribution >= 4 is 23.1 Å². The van der Waals surface area contributed by atoms with E-state index in [1.54, 1.807) is 0 Å². The maximum atomic E-state index is 11.6. The van der Waals surface area contributed by atoms with Crippen LogP contribution in [0.3, 0.4) is 0 Å². The molecule has 1 heterocycles. The third kappa shape index (κ3) is 3.58. The van der Waals surface area contributed by atoms with Gasteiger partial charge in [0.25, 0.3) is 5.19 Å². The first kappa shape index (κ1) is 14.0. The number of aromatic nitrogens is 2. The molecule has 1 aromatic heterocycles. The highest BCUT2D eigenvalue weighted by Crippen LogP contribution is 2.40. The average molecular weight is 303 g/mol. The van der Waals surface area contributed by atoms with E-state index in [0.29, 0.717) is 16.9 Å². The third-order valence-electron chi connectivity index (χ3n) is 3.22. The second kappa shape index (κ2) is 5.81. The van der Waals surface area contributed by atoms with Gasteiger partial charge in [0.2, 0.25) is 5.91 Å². The predicted octanol–water partition coefficient (Wildman–Crippen LogP) is 3.80. The summed E-state index contributed by atoms with van der Waals surface area (Å²) in [4.78, 5) is 16.0. The third-order valence-corrected chi connectivity index (χ3v) is 3.83. The van der Waals surface area contributed by atoms with Crippen molar-refractivity contribution in [2.75, 3.05) is 5.32 Å². The van der Waals surface area contributed by atoms with Crippen molar-refractivity contribution in [2.24, 2.45) is 5.92 Å². The Hall–Kier alpha value is -1.95. The molecule has 1 fully saturated rings. The summed E-state index contributed by atoms with van der Waals surface area (Å²) in [7, 11) is 0. The highest BCUT2D eigenvalue weighted by Gasteiger charge is 2.28. The molecule has 110 valence electrons. The molecular formula is C15H17N3O2S. The number of rotatable bonds is 5. The molecule has 0 bridgehead atoms. The van der Waals surface area contributed by atoms with E-state index in [1.165, 1.54) is 24.4 Å². The number of nitrogens with zero attached hydrogens (tertiary/aromatic N) is 2. The number of amides is 1. The Morgan fingerprint density at radius 3 is 2.67 bits per heavy atom. The van der Waals surface area contributed by atoms with Crippen molar-refractivity contribution in [3.63, 3.8) is 0 Å². The van der Waals surface area contributed by atoms with Crippen LogP contribution in [0.1, 0.15) is 38.4 Å². The van der Waals surface area contributed by atoms with Crippen molar-refractivity contribution in [1.29, 1.82) is 0 Å². The number of anilines is 1. The molecule has 2 aromatic rings. The number of hydrogen-bond donors (Lipinski definition) is 1. The molecule has 5 nitrogen and oxygen atoms in total. The molecule has 1 aromatic carbocycles.